The van der Waals surface area contributed by atoms with Gasteiger partial charge in [0, 0.05) is 29.3 Å². The first-order valence-electron chi connectivity index (χ1n) is 7.89. The second-order valence-corrected chi connectivity index (χ2v) is 5.72. The first-order chi connectivity index (χ1) is 11.2. The molecule has 3 N–H and O–H groups in total. The second-order valence-electron chi connectivity index (χ2n) is 5.72. The molecule has 3 rings (SSSR count). The smallest absolute Gasteiger partial charge is 0.227 e. The Hall–Kier alpha value is -2.34. The molecule has 0 bridgehead atoms. The number of aliphatic hydroxyl groups is 1. The summed E-state index contributed by atoms with van der Waals surface area (Å²) < 4.78 is 5.45. The van der Waals surface area contributed by atoms with Crippen LogP contribution in [-0.4, -0.2) is 27.8 Å². The van der Waals surface area contributed by atoms with Crippen molar-refractivity contribution >= 4 is 11.6 Å². The summed E-state index contributed by atoms with van der Waals surface area (Å²) >= 11 is 0. The molecule has 1 aliphatic carbocycles. The van der Waals surface area contributed by atoms with Crippen LogP contribution in [0.3, 0.4) is 0 Å². The predicted octanol–water partition coefficient (Wildman–Crippen LogP) is 2.04. The summed E-state index contributed by atoms with van der Waals surface area (Å²) in [5.41, 5.74) is 3.61. The molecule has 0 radical (unpaired) electrons. The van der Waals surface area contributed by atoms with Crippen molar-refractivity contribution in [3.8, 4) is 5.75 Å². The van der Waals surface area contributed by atoms with Crippen molar-refractivity contribution in [1.82, 2.24) is 10.2 Å². The summed E-state index contributed by atoms with van der Waals surface area (Å²) in [6.45, 7) is 2.30. The van der Waals surface area contributed by atoms with Gasteiger partial charge < -0.3 is 15.2 Å². The number of aliphatic hydroxyl groups excluding tert-OH is 1. The predicted molar refractivity (Wildman–Crippen MR) is 86.3 cm³/mol. The Balaban J connectivity index is 1.68. The largest absolute Gasteiger partial charge is 0.494 e. The molecule has 6 heteroatoms. The fraction of sp³-hybridized carbons (Fsp3) is 0.412. The number of H-pyrrole nitrogens is 1. The summed E-state index contributed by atoms with van der Waals surface area (Å²) in [4.78, 5) is 12.5. The molecule has 0 spiro atoms. The molecule has 1 atom stereocenters. The number of ether oxygens (including phenoxy) is 1. The minimum absolute atomic E-state index is 0.00157. The summed E-state index contributed by atoms with van der Waals surface area (Å²) in [6, 6.07) is 5.33. The van der Waals surface area contributed by atoms with E-state index in [1.807, 2.05) is 13.1 Å². The van der Waals surface area contributed by atoms with Crippen LogP contribution in [0, 0.1) is 5.92 Å². The number of carbonyl (C=O) groups excluding carboxylic acids is 1. The van der Waals surface area contributed by atoms with E-state index < -0.39 is 0 Å². The highest BCUT2D eigenvalue weighted by atomic mass is 16.5. The maximum atomic E-state index is 12.5. The van der Waals surface area contributed by atoms with E-state index in [0.717, 1.165) is 18.5 Å². The van der Waals surface area contributed by atoms with E-state index in [0.29, 0.717) is 30.0 Å². The lowest BCUT2D eigenvalue weighted by molar-refractivity contribution is -0.120. The molecule has 1 aromatic carbocycles. The summed E-state index contributed by atoms with van der Waals surface area (Å²) in [7, 11) is 0. The fourth-order valence-corrected chi connectivity index (χ4v) is 2.95. The van der Waals surface area contributed by atoms with Crippen LogP contribution < -0.4 is 10.1 Å². The normalized spacial score (nSPS) is 16.7. The van der Waals surface area contributed by atoms with Gasteiger partial charge in [-0.3, -0.25) is 9.89 Å². The minimum Gasteiger partial charge on any atom is -0.494 e. The second kappa shape index (κ2) is 6.83. The van der Waals surface area contributed by atoms with Gasteiger partial charge in [0.25, 0.3) is 0 Å². The number of anilines is 1. The van der Waals surface area contributed by atoms with Crippen molar-refractivity contribution in [2.75, 3.05) is 11.9 Å². The van der Waals surface area contributed by atoms with Gasteiger partial charge in [0.05, 0.1) is 19.4 Å². The van der Waals surface area contributed by atoms with Crippen LogP contribution in [0.25, 0.3) is 0 Å². The molecule has 0 saturated carbocycles. The number of nitrogens with one attached hydrogen (secondary N) is 2. The van der Waals surface area contributed by atoms with Gasteiger partial charge in [0.1, 0.15) is 5.75 Å². The third kappa shape index (κ3) is 3.37. The van der Waals surface area contributed by atoms with E-state index in [2.05, 4.69) is 15.5 Å². The number of aromatic nitrogens is 2. The van der Waals surface area contributed by atoms with Crippen molar-refractivity contribution < 1.29 is 14.6 Å². The van der Waals surface area contributed by atoms with Crippen molar-refractivity contribution in [2.45, 2.75) is 32.8 Å². The van der Waals surface area contributed by atoms with Crippen molar-refractivity contribution in [3.63, 3.8) is 0 Å². The summed E-state index contributed by atoms with van der Waals surface area (Å²) in [5.74, 6) is 0.582. The van der Waals surface area contributed by atoms with Gasteiger partial charge in [-0.2, -0.15) is 5.10 Å². The zero-order valence-electron chi connectivity index (χ0n) is 13.1. The fourth-order valence-electron chi connectivity index (χ4n) is 2.95. The van der Waals surface area contributed by atoms with Crippen molar-refractivity contribution in [3.05, 3.63) is 41.2 Å². The van der Waals surface area contributed by atoms with Crippen LogP contribution in [0.15, 0.2) is 24.4 Å². The molecule has 0 saturated heterocycles. The van der Waals surface area contributed by atoms with E-state index in [-0.39, 0.29) is 18.4 Å². The lowest BCUT2D eigenvalue weighted by Gasteiger charge is -2.21. The highest BCUT2D eigenvalue weighted by molar-refractivity contribution is 5.93. The van der Waals surface area contributed by atoms with Crippen LogP contribution in [0.5, 0.6) is 5.75 Å². The maximum Gasteiger partial charge on any atom is 0.227 e. The van der Waals surface area contributed by atoms with Crippen LogP contribution in [0.4, 0.5) is 5.69 Å². The van der Waals surface area contributed by atoms with Gasteiger partial charge >= 0.3 is 0 Å². The Morgan fingerprint density at radius 2 is 2.39 bits per heavy atom. The van der Waals surface area contributed by atoms with Gasteiger partial charge in [-0.05, 0) is 43.5 Å². The van der Waals surface area contributed by atoms with Crippen LogP contribution >= 0.6 is 0 Å². The standard InChI is InChI=1S/C17H21N3O3/c1-2-23-16-6-5-14(7-13(16)10-21)19-17(22)11-3-4-12-9-18-20-15(12)8-11/h5-7,9,11,21H,2-4,8,10H2,1H3,(H,18,20)(H,19,22). The molecule has 23 heavy (non-hydrogen) atoms. The quantitative estimate of drug-likeness (QED) is 0.788. The number of hydrogen-bond donors (Lipinski definition) is 3. The Bertz CT molecular complexity index is 696. The number of hydrogen-bond acceptors (Lipinski definition) is 4. The summed E-state index contributed by atoms with van der Waals surface area (Å²) in [5, 5.41) is 19.4. The third-order valence-electron chi connectivity index (χ3n) is 4.19. The lowest BCUT2D eigenvalue weighted by Crippen LogP contribution is -2.28. The van der Waals surface area contributed by atoms with E-state index in [1.165, 1.54) is 5.56 Å². The molecular formula is C17H21N3O3. The molecule has 1 heterocycles. The van der Waals surface area contributed by atoms with Crippen molar-refractivity contribution in [1.29, 1.82) is 0 Å². The number of carbonyl (C=O) groups is 1. The molecule has 2 aromatic rings. The SMILES string of the molecule is CCOc1ccc(NC(=O)C2CCc3cn[nH]c3C2)cc1CO. The van der Waals surface area contributed by atoms with E-state index >= 15 is 0 Å². The average molecular weight is 315 g/mol. The molecule has 1 amide bonds. The molecule has 122 valence electrons. The van der Waals surface area contributed by atoms with Gasteiger partial charge in [0.2, 0.25) is 5.91 Å². The third-order valence-corrected chi connectivity index (χ3v) is 4.19. The zero-order chi connectivity index (χ0) is 16.2. The zero-order valence-corrected chi connectivity index (χ0v) is 13.1. The molecular weight excluding hydrogens is 294 g/mol. The number of nitrogens with zero attached hydrogens (tertiary/aromatic N) is 1. The Labute approximate surface area is 134 Å². The Morgan fingerprint density at radius 3 is 3.17 bits per heavy atom. The Morgan fingerprint density at radius 1 is 1.52 bits per heavy atom. The molecule has 6 nitrogen and oxygen atoms in total. The number of aromatic amines is 1. The molecule has 0 fully saturated rings. The monoisotopic (exact) mass is 315 g/mol. The average Bonchev–Trinajstić information content (AvgIpc) is 3.04. The highest BCUT2D eigenvalue weighted by Crippen LogP contribution is 2.27. The van der Waals surface area contributed by atoms with Gasteiger partial charge in [-0.1, -0.05) is 0 Å². The number of rotatable bonds is 5. The van der Waals surface area contributed by atoms with E-state index in [4.69, 9.17) is 4.74 Å². The first kappa shape index (κ1) is 15.6. The van der Waals surface area contributed by atoms with Gasteiger partial charge in [-0.15, -0.1) is 0 Å². The minimum atomic E-state index is -0.125. The number of fused-ring (bicyclic) bond motifs is 1. The lowest BCUT2D eigenvalue weighted by atomic mass is 9.87. The van der Waals surface area contributed by atoms with E-state index in [9.17, 15) is 9.90 Å². The molecule has 0 aliphatic heterocycles. The summed E-state index contributed by atoms with van der Waals surface area (Å²) in [6.07, 6.45) is 4.21. The van der Waals surface area contributed by atoms with Gasteiger partial charge in [0.15, 0.2) is 0 Å². The number of amides is 1. The first-order valence-corrected chi connectivity index (χ1v) is 7.89. The maximum absolute atomic E-state index is 12.5. The molecule has 1 unspecified atom stereocenters. The number of aryl methyl sites for hydroxylation is 1. The Kier molecular flexibility index (Phi) is 4.62. The highest BCUT2D eigenvalue weighted by Gasteiger charge is 2.26. The van der Waals surface area contributed by atoms with Crippen LogP contribution in [-0.2, 0) is 24.2 Å². The van der Waals surface area contributed by atoms with E-state index in [1.54, 1.807) is 18.2 Å². The van der Waals surface area contributed by atoms with Crippen LogP contribution in [0.1, 0.15) is 30.2 Å². The van der Waals surface area contributed by atoms with Gasteiger partial charge in [-0.25, -0.2) is 0 Å². The van der Waals surface area contributed by atoms with Crippen LogP contribution in [0.2, 0.25) is 0 Å². The molecule has 1 aromatic heterocycles. The van der Waals surface area contributed by atoms with Crippen molar-refractivity contribution in [2.24, 2.45) is 5.92 Å². The molecule has 1 aliphatic rings. The topological polar surface area (TPSA) is 87.2 Å². The number of benzene rings is 1.